The number of likely N-dealkylation sites (tertiary alicyclic amines) is 1. The Kier molecular flexibility index (Phi) is 3.17. The second kappa shape index (κ2) is 4.60. The molecule has 1 aromatic carbocycles. The number of alkyl halides is 2. The van der Waals surface area contributed by atoms with Gasteiger partial charge in [-0.3, -0.25) is 4.79 Å². The van der Waals surface area contributed by atoms with Gasteiger partial charge in [0.05, 0.1) is 0 Å². The van der Waals surface area contributed by atoms with E-state index in [1.165, 1.54) is 12.1 Å². The molecular formula is C12H13F2NO. The maximum Gasteiger partial charge on any atom is 0.263 e. The maximum atomic E-state index is 12.3. The number of amides is 1. The van der Waals surface area contributed by atoms with Crippen LogP contribution in [0.4, 0.5) is 8.78 Å². The molecule has 2 rings (SSSR count). The van der Waals surface area contributed by atoms with Gasteiger partial charge in [0, 0.05) is 25.1 Å². The van der Waals surface area contributed by atoms with Crippen LogP contribution in [-0.4, -0.2) is 17.4 Å². The summed E-state index contributed by atoms with van der Waals surface area (Å²) in [7, 11) is 0. The summed E-state index contributed by atoms with van der Waals surface area (Å²) in [6, 6.07) is 6.15. The Hall–Kier alpha value is -1.45. The van der Waals surface area contributed by atoms with Gasteiger partial charge in [-0.15, -0.1) is 0 Å². The van der Waals surface area contributed by atoms with Crippen molar-refractivity contribution < 1.29 is 13.6 Å². The summed E-state index contributed by atoms with van der Waals surface area (Å²) in [5, 5.41) is 0. The summed E-state index contributed by atoms with van der Waals surface area (Å²) < 4.78 is 24.6. The highest BCUT2D eigenvalue weighted by Gasteiger charge is 2.19. The second-order valence-electron chi connectivity index (χ2n) is 3.96. The normalized spacial score (nSPS) is 16.2. The molecule has 0 radical (unpaired) electrons. The van der Waals surface area contributed by atoms with Gasteiger partial charge in [-0.05, 0) is 12.0 Å². The average Bonchev–Trinajstić information content (AvgIpc) is 2.65. The SMILES string of the molecule is O=C1CCCN1Cc1ccc(C(F)F)cc1. The number of rotatable bonds is 3. The Balaban J connectivity index is 2.02. The van der Waals surface area contributed by atoms with Crippen molar-refractivity contribution in [3.05, 3.63) is 35.4 Å². The van der Waals surface area contributed by atoms with Crippen molar-refractivity contribution in [3.63, 3.8) is 0 Å². The van der Waals surface area contributed by atoms with Crippen LogP contribution < -0.4 is 0 Å². The fourth-order valence-corrected chi connectivity index (χ4v) is 1.86. The molecule has 1 aliphatic heterocycles. The molecule has 16 heavy (non-hydrogen) atoms. The molecule has 0 aliphatic carbocycles. The van der Waals surface area contributed by atoms with Gasteiger partial charge in [-0.2, -0.15) is 0 Å². The van der Waals surface area contributed by atoms with Crippen molar-refractivity contribution in [2.45, 2.75) is 25.8 Å². The molecule has 4 heteroatoms. The highest BCUT2D eigenvalue weighted by molar-refractivity contribution is 5.78. The van der Waals surface area contributed by atoms with Crippen LogP contribution in [0.15, 0.2) is 24.3 Å². The quantitative estimate of drug-likeness (QED) is 0.774. The van der Waals surface area contributed by atoms with E-state index < -0.39 is 6.43 Å². The van der Waals surface area contributed by atoms with Crippen LogP contribution in [0.2, 0.25) is 0 Å². The third-order valence-electron chi connectivity index (χ3n) is 2.78. The maximum absolute atomic E-state index is 12.3. The van der Waals surface area contributed by atoms with Crippen molar-refractivity contribution in [2.24, 2.45) is 0 Å². The molecule has 1 saturated heterocycles. The zero-order valence-electron chi connectivity index (χ0n) is 8.83. The van der Waals surface area contributed by atoms with Crippen LogP contribution in [0.25, 0.3) is 0 Å². The Morgan fingerprint density at radius 1 is 1.25 bits per heavy atom. The smallest absolute Gasteiger partial charge is 0.263 e. The Bertz CT molecular complexity index is 375. The molecule has 2 nitrogen and oxygen atoms in total. The lowest BCUT2D eigenvalue weighted by Gasteiger charge is -2.15. The second-order valence-corrected chi connectivity index (χ2v) is 3.96. The summed E-state index contributed by atoms with van der Waals surface area (Å²) >= 11 is 0. The van der Waals surface area contributed by atoms with Gasteiger partial charge in [0.25, 0.3) is 6.43 Å². The molecule has 1 amide bonds. The summed E-state index contributed by atoms with van der Waals surface area (Å²) in [4.78, 5) is 13.1. The Labute approximate surface area is 92.9 Å². The van der Waals surface area contributed by atoms with E-state index in [1.807, 2.05) is 0 Å². The van der Waals surface area contributed by atoms with E-state index in [0.29, 0.717) is 13.0 Å². The lowest BCUT2D eigenvalue weighted by atomic mass is 10.1. The molecule has 1 aliphatic rings. The van der Waals surface area contributed by atoms with Gasteiger partial charge in [0.1, 0.15) is 0 Å². The highest BCUT2D eigenvalue weighted by atomic mass is 19.3. The van der Waals surface area contributed by atoms with Gasteiger partial charge in [-0.25, -0.2) is 8.78 Å². The van der Waals surface area contributed by atoms with Crippen molar-refractivity contribution in [1.82, 2.24) is 4.90 Å². The van der Waals surface area contributed by atoms with E-state index in [4.69, 9.17) is 0 Å². The van der Waals surface area contributed by atoms with Crippen LogP contribution in [-0.2, 0) is 11.3 Å². The summed E-state index contributed by atoms with van der Waals surface area (Å²) in [6.45, 7) is 1.30. The molecule has 0 bridgehead atoms. The molecule has 0 spiro atoms. The van der Waals surface area contributed by atoms with Crippen LogP contribution in [0.5, 0.6) is 0 Å². The van der Waals surface area contributed by atoms with Gasteiger partial charge >= 0.3 is 0 Å². The lowest BCUT2D eigenvalue weighted by molar-refractivity contribution is -0.128. The monoisotopic (exact) mass is 225 g/mol. The summed E-state index contributed by atoms with van der Waals surface area (Å²) in [6.07, 6.45) is -0.925. The largest absolute Gasteiger partial charge is 0.338 e. The summed E-state index contributed by atoms with van der Waals surface area (Å²) in [5.41, 5.74) is 0.927. The first-order valence-corrected chi connectivity index (χ1v) is 5.31. The van der Waals surface area contributed by atoms with Crippen molar-refractivity contribution in [3.8, 4) is 0 Å². The lowest BCUT2D eigenvalue weighted by Crippen LogP contribution is -2.23. The van der Waals surface area contributed by atoms with E-state index in [-0.39, 0.29) is 11.5 Å². The summed E-state index contributed by atoms with van der Waals surface area (Å²) in [5.74, 6) is 0.151. The van der Waals surface area contributed by atoms with Gasteiger partial charge in [0.15, 0.2) is 0 Å². The minimum Gasteiger partial charge on any atom is -0.338 e. The van der Waals surface area contributed by atoms with Crippen molar-refractivity contribution >= 4 is 5.91 Å². The standard InChI is InChI=1S/C12H13F2NO/c13-12(14)10-5-3-9(4-6-10)8-15-7-1-2-11(15)16/h3-6,12H,1-2,7-8H2. The van der Waals surface area contributed by atoms with Crippen LogP contribution in [0, 0.1) is 0 Å². The Morgan fingerprint density at radius 3 is 2.44 bits per heavy atom. The number of carbonyl (C=O) groups excluding carboxylic acids is 1. The number of carbonyl (C=O) groups is 1. The zero-order chi connectivity index (χ0) is 11.5. The molecule has 1 heterocycles. The van der Waals surface area contributed by atoms with Gasteiger partial charge < -0.3 is 4.90 Å². The number of hydrogen-bond donors (Lipinski definition) is 0. The first-order valence-electron chi connectivity index (χ1n) is 5.31. The molecule has 0 N–H and O–H groups in total. The van der Waals surface area contributed by atoms with E-state index in [2.05, 4.69) is 0 Å². The van der Waals surface area contributed by atoms with Crippen LogP contribution in [0.3, 0.4) is 0 Å². The molecule has 1 fully saturated rings. The first kappa shape index (κ1) is 11.0. The van der Waals surface area contributed by atoms with E-state index in [0.717, 1.165) is 18.5 Å². The van der Waals surface area contributed by atoms with Gasteiger partial charge in [0.2, 0.25) is 5.91 Å². The van der Waals surface area contributed by atoms with Gasteiger partial charge in [-0.1, -0.05) is 24.3 Å². The Morgan fingerprint density at radius 2 is 1.94 bits per heavy atom. The number of hydrogen-bond acceptors (Lipinski definition) is 1. The molecule has 86 valence electrons. The number of benzene rings is 1. The van der Waals surface area contributed by atoms with Crippen molar-refractivity contribution in [2.75, 3.05) is 6.54 Å². The first-order chi connectivity index (χ1) is 7.66. The zero-order valence-corrected chi connectivity index (χ0v) is 8.83. The van der Waals surface area contributed by atoms with Crippen molar-refractivity contribution in [1.29, 1.82) is 0 Å². The van der Waals surface area contributed by atoms with E-state index in [9.17, 15) is 13.6 Å². The average molecular weight is 225 g/mol. The predicted molar refractivity (Wildman–Crippen MR) is 56.1 cm³/mol. The third kappa shape index (κ3) is 2.38. The minimum atomic E-state index is -2.43. The van der Waals surface area contributed by atoms with Crippen LogP contribution in [0.1, 0.15) is 30.4 Å². The molecule has 0 unspecified atom stereocenters. The van der Waals surface area contributed by atoms with Crippen LogP contribution >= 0.6 is 0 Å². The number of halogens is 2. The molecule has 0 aromatic heterocycles. The third-order valence-corrected chi connectivity index (χ3v) is 2.78. The predicted octanol–water partition coefficient (Wildman–Crippen LogP) is 2.75. The highest BCUT2D eigenvalue weighted by Crippen LogP contribution is 2.20. The molecule has 0 saturated carbocycles. The molecule has 1 aromatic rings. The molecular weight excluding hydrogens is 212 g/mol. The topological polar surface area (TPSA) is 20.3 Å². The number of nitrogens with zero attached hydrogens (tertiary/aromatic N) is 1. The van der Waals surface area contributed by atoms with E-state index >= 15 is 0 Å². The fraction of sp³-hybridized carbons (Fsp3) is 0.417. The van der Waals surface area contributed by atoms with E-state index in [1.54, 1.807) is 17.0 Å². The molecule has 0 atom stereocenters. The minimum absolute atomic E-state index is 0.0245. The fourth-order valence-electron chi connectivity index (χ4n) is 1.86.